The number of hydrogen-bond acceptors (Lipinski definition) is 5. The van der Waals surface area contributed by atoms with Gasteiger partial charge in [-0.05, 0) is 24.3 Å². The van der Waals surface area contributed by atoms with Crippen molar-refractivity contribution in [2.75, 3.05) is 7.11 Å². The van der Waals surface area contributed by atoms with Crippen LogP contribution in [-0.4, -0.2) is 34.2 Å². The Morgan fingerprint density at radius 2 is 1.96 bits per heavy atom. The lowest BCUT2D eigenvalue weighted by Gasteiger charge is -2.00. The molecule has 1 aromatic carbocycles. The van der Waals surface area contributed by atoms with Crippen LogP contribution in [-0.2, 0) is 4.74 Å². The van der Waals surface area contributed by atoms with Crippen molar-refractivity contribution in [2.45, 2.75) is 0 Å². The number of hydrogen-bond donors (Lipinski definition) is 1. The molecule has 2 aromatic heterocycles. The van der Waals surface area contributed by atoms with Gasteiger partial charge in [0, 0.05) is 29.7 Å². The Balaban J connectivity index is 1.99. The van der Waals surface area contributed by atoms with Crippen LogP contribution >= 0.6 is 0 Å². The third kappa shape index (κ3) is 3.46. The van der Waals surface area contributed by atoms with Crippen LogP contribution in [0.1, 0.15) is 5.56 Å². The summed E-state index contributed by atoms with van der Waals surface area (Å²) in [6.45, 7) is 0. The zero-order valence-corrected chi connectivity index (χ0v) is 13.0. The van der Waals surface area contributed by atoms with Gasteiger partial charge in [0.25, 0.3) is 0 Å². The van der Waals surface area contributed by atoms with Crippen molar-refractivity contribution in [1.82, 2.24) is 20.2 Å². The van der Waals surface area contributed by atoms with E-state index in [0.717, 1.165) is 22.5 Å². The SMILES string of the molecule is COC(=O)N/N=C\c1cn(-c2ccccc2)nc1-c1ccncc1. The minimum absolute atomic E-state index is 0.632. The number of nitrogens with zero attached hydrogens (tertiary/aromatic N) is 4. The number of para-hydroxylation sites is 1. The molecule has 120 valence electrons. The second kappa shape index (κ2) is 7.19. The first kappa shape index (κ1) is 15.4. The van der Waals surface area contributed by atoms with Crippen LogP contribution < -0.4 is 5.43 Å². The summed E-state index contributed by atoms with van der Waals surface area (Å²) in [4.78, 5) is 15.1. The van der Waals surface area contributed by atoms with E-state index in [1.165, 1.54) is 13.3 Å². The highest BCUT2D eigenvalue weighted by molar-refractivity contribution is 5.89. The molecule has 24 heavy (non-hydrogen) atoms. The molecule has 0 aliphatic rings. The molecule has 2 heterocycles. The molecule has 0 spiro atoms. The monoisotopic (exact) mass is 321 g/mol. The van der Waals surface area contributed by atoms with E-state index in [2.05, 4.69) is 25.3 Å². The maximum absolute atomic E-state index is 11.1. The Morgan fingerprint density at radius 3 is 2.67 bits per heavy atom. The molecule has 0 atom stereocenters. The van der Waals surface area contributed by atoms with Crippen molar-refractivity contribution < 1.29 is 9.53 Å². The van der Waals surface area contributed by atoms with Gasteiger partial charge in [0.1, 0.15) is 5.69 Å². The zero-order valence-electron chi connectivity index (χ0n) is 13.0. The number of nitrogens with one attached hydrogen (secondary N) is 1. The van der Waals surface area contributed by atoms with E-state index in [9.17, 15) is 4.79 Å². The van der Waals surface area contributed by atoms with E-state index in [1.807, 2.05) is 48.7 Å². The molecule has 0 bridgehead atoms. The smallest absolute Gasteiger partial charge is 0.427 e. The molecule has 0 aliphatic carbocycles. The first-order chi connectivity index (χ1) is 11.8. The van der Waals surface area contributed by atoms with Crippen molar-refractivity contribution >= 4 is 12.3 Å². The zero-order chi connectivity index (χ0) is 16.8. The lowest BCUT2D eigenvalue weighted by atomic mass is 10.1. The number of ether oxygens (including phenoxy) is 1. The minimum Gasteiger partial charge on any atom is -0.452 e. The summed E-state index contributed by atoms with van der Waals surface area (Å²) in [6.07, 6.45) is 6.13. The molecular weight excluding hydrogens is 306 g/mol. The summed E-state index contributed by atoms with van der Waals surface area (Å²) >= 11 is 0. The van der Waals surface area contributed by atoms with Crippen molar-refractivity contribution in [3.63, 3.8) is 0 Å². The van der Waals surface area contributed by atoms with E-state index in [0.29, 0.717) is 0 Å². The third-order valence-corrected chi connectivity index (χ3v) is 3.26. The number of methoxy groups -OCH3 is 1. The minimum atomic E-state index is -0.632. The number of benzene rings is 1. The van der Waals surface area contributed by atoms with Gasteiger partial charge in [-0.2, -0.15) is 10.2 Å². The largest absolute Gasteiger partial charge is 0.452 e. The van der Waals surface area contributed by atoms with Crippen LogP contribution in [0.2, 0.25) is 0 Å². The Hall–Kier alpha value is -3.48. The predicted molar refractivity (Wildman–Crippen MR) is 89.9 cm³/mol. The second-order valence-electron chi connectivity index (χ2n) is 4.81. The van der Waals surface area contributed by atoms with Crippen molar-refractivity contribution in [1.29, 1.82) is 0 Å². The topological polar surface area (TPSA) is 81.4 Å². The standard InChI is InChI=1S/C17H15N5O2/c1-24-17(23)20-19-11-14-12-22(15-5-3-2-4-6-15)21-16(14)13-7-9-18-10-8-13/h2-12H,1H3,(H,20,23)/b19-11-. The van der Waals surface area contributed by atoms with Crippen molar-refractivity contribution in [3.05, 3.63) is 66.6 Å². The van der Waals surface area contributed by atoms with Gasteiger partial charge in [0.2, 0.25) is 0 Å². The number of aromatic nitrogens is 3. The lowest BCUT2D eigenvalue weighted by Crippen LogP contribution is -2.16. The van der Waals surface area contributed by atoms with Gasteiger partial charge in [-0.3, -0.25) is 4.98 Å². The number of pyridine rings is 1. The third-order valence-electron chi connectivity index (χ3n) is 3.26. The summed E-state index contributed by atoms with van der Waals surface area (Å²) in [5.74, 6) is 0. The van der Waals surface area contributed by atoms with Crippen molar-refractivity contribution in [2.24, 2.45) is 5.10 Å². The molecule has 0 saturated carbocycles. The molecule has 7 heteroatoms. The molecule has 0 fully saturated rings. The Labute approximate surface area is 138 Å². The highest BCUT2D eigenvalue weighted by atomic mass is 16.5. The van der Waals surface area contributed by atoms with E-state index in [-0.39, 0.29) is 0 Å². The lowest BCUT2D eigenvalue weighted by molar-refractivity contribution is 0.171. The first-order valence-electron chi connectivity index (χ1n) is 7.20. The number of rotatable bonds is 4. The fourth-order valence-electron chi connectivity index (χ4n) is 2.13. The highest BCUT2D eigenvalue weighted by Crippen LogP contribution is 2.21. The summed E-state index contributed by atoms with van der Waals surface area (Å²) in [5.41, 5.74) is 5.58. The quantitative estimate of drug-likeness (QED) is 0.591. The molecule has 1 amide bonds. The van der Waals surface area contributed by atoms with E-state index in [1.54, 1.807) is 17.1 Å². The fourth-order valence-corrected chi connectivity index (χ4v) is 2.13. The Morgan fingerprint density at radius 1 is 1.21 bits per heavy atom. The first-order valence-corrected chi connectivity index (χ1v) is 7.20. The Bertz CT molecular complexity index is 844. The molecule has 7 nitrogen and oxygen atoms in total. The second-order valence-corrected chi connectivity index (χ2v) is 4.81. The summed E-state index contributed by atoms with van der Waals surface area (Å²) in [7, 11) is 1.28. The number of carbonyl (C=O) groups excluding carboxylic acids is 1. The molecule has 3 rings (SSSR count). The molecule has 0 saturated heterocycles. The van der Waals surface area contributed by atoms with Gasteiger partial charge in [0.15, 0.2) is 0 Å². The van der Waals surface area contributed by atoms with Crippen LogP contribution in [0, 0.1) is 0 Å². The van der Waals surface area contributed by atoms with Gasteiger partial charge >= 0.3 is 6.09 Å². The van der Waals surface area contributed by atoms with Crippen LogP contribution in [0.4, 0.5) is 4.79 Å². The molecule has 0 unspecified atom stereocenters. The molecule has 0 radical (unpaired) electrons. The van der Waals surface area contributed by atoms with E-state index in [4.69, 9.17) is 0 Å². The average molecular weight is 321 g/mol. The molecule has 1 N–H and O–H groups in total. The van der Waals surface area contributed by atoms with Crippen molar-refractivity contribution in [3.8, 4) is 16.9 Å². The highest BCUT2D eigenvalue weighted by Gasteiger charge is 2.11. The number of carbonyl (C=O) groups is 1. The van der Waals surface area contributed by atoms with Gasteiger partial charge in [-0.25, -0.2) is 14.9 Å². The van der Waals surface area contributed by atoms with Crippen LogP contribution in [0.3, 0.4) is 0 Å². The average Bonchev–Trinajstić information content (AvgIpc) is 3.07. The molecular formula is C17H15N5O2. The number of hydrazone groups is 1. The van der Waals surface area contributed by atoms with Crippen LogP contribution in [0.15, 0.2) is 66.2 Å². The maximum atomic E-state index is 11.1. The van der Waals surface area contributed by atoms with E-state index < -0.39 is 6.09 Å². The molecule has 3 aromatic rings. The number of amides is 1. The van der Waals surface area contributed by atoms with Crippen LogP contribution in [0.25, 0.3) is 16.9 Å². The summed E-state index contributed by atoms with van der Waals surface area (Å²) in [6, 6.07) is 13.5. The van der Waals surface area contributed by atoms with Crippen LogP contribution in [0.5, 0.6) is 0 Å². The molecule has 0 aliphatic heterocycles. The van der Waals surface area contributed by atoms with Gasteiger partial charge < -0.3 is 4.74 Å². The van der Waals surface area contributed by atoms with Gasteiger partial charge in [-0.15, -0.1) is 0 Å². The van der Waals surface area contributed by atoms with Gasteiger partial charge in [-0.1, -0.05) is 18.2 Å². The summed E-state index contributed by atoms with van der Waals surface area (Å²) in [5, 5.41) is 8.51. The maximum Gasteiger partial charge on any atom is 0.427 e. The normalized spacial score (nSPS) is 10.7. The predicted octanol–water partition coefficient (Wildman–Crippen LogP) is 2.62. The Kier molecular flexibility index (Phi) is 4.62. The van der Waals surface area contributed by atoms with Gasteiger partial charge in [0.05, 0.1) is 19.0 Å². The van der Waals surface area contributed by atoms with E-state index >= 15 is 0 Å². The summed E-state index contributed by atoms with van der Waals surface area (Å²) < 4.78 is 6.24. The fraction of sp³-hybridized carbons (Fsp3) is 0.0588.